The van der Waals surface area contributed by atoms with Crippen LogP contribution >= 0.6 is 0 Å². The van der Waals surface area contributed by atoms with Gasteiger partial charge < -0.3 is 14.4 Å². The van der Waals surface area contributed by atoms with Crippen molar-refractivity contribution in [1.82, 2.24) is 24.5 Å². The van der Waals surface area contributed by atoms with Gasteiger partial charge in [0.05, 0.1) is 23.4 Å². The van der Waals surface area contributed by atoms with Crippen LogP contribution in [-0.4, -0.2) is 48.8 Å². The Labute approximate surface area is 193 Å². The lowest BCUT2D eigenvalue weighted by atomic mass is 9.91. The highest BCUT2D eigenvalue weighted by Gasteiger charge is 2.29. The molecule has 6 rings (SSSR count). The first kappa shape index (κ1) is 20.6. The first-order valence-corrected chi connectivity index (χ1v) is 11.2. The van der Waals surface area contributed by atoms with E-state index in [0.29, 0.717) is 13.2 Å². The molecule has 172 valence electrons. The third kappa shape index (κ3) is 3.45. The van der Waals surface area contributed by atoms with E-state index in [1.54, 1.807) is 30.7 Å². The van der Waals surface area contributed by atoms with E-state index in [2.05, 4.69) is 32.0 Å². The minimum atomic E-state index is -0.952. The van der Waals surface area contributed by atoms with E-state index >= 15 is 0 Å². The number of aliphatic carboxylic acids is 1. The molecule has 0 bridgehead atoms. The Bertz CT molecular complexity index is 1510. The van der Waals surface area contributed by atoms with E-state index in [1.807, 2.05) is 0 Å². The Morgan fingerprint density at radius 2 is 1.97 bits per heavy atom. The summed E-state index contributed by atoms with van der Waals surface area (Å²) < 4.78 is 23.1. The van der Waals surface area contributed by atoms with E-state index in [4.69, 9.17) is 4.74 Å². The predicted octanol–water partition coefficient (Wildman–Crippen LogP) is 4.49. The molecular formula is C25H22FN5O3. The van der Waals surface area contributed by atoms with Crippen LogP contribution in [-0.2, 0) is 16.1 Å². The Hall–Kier alpha value is -3.98. The number of aromatic nitrogens is 5. The molecule has 2 aromatic carbocycles. The van der Waals surface area contributed by atoms with Crippen LogP contribution in [0, 0.1) is 5.82 Å². The van der Waals surface area contributed by atoms with Crippen LogP contribution in [0.2, 0.25) is 0 Å². The second-order valence-corrected chi connectivity index (χ2v) is 8.61. The monoisotopic (exact) mass is 459 g/mol. The van der Waals surface area contributed by atoms with Gasteiger partial charge in [0.15, 0.2) is 0 Å². The van der Waals surface area contributed by atoms with Crippen molar-refractivity contribution in [2.24, 2.45) is 0 Å². The van der Waals surface area contributed by atoms with E-state index in [1.165, 1.54) is 16.8 Å². The summed E-state index contributed by atoms with van der Waals surface area (Å²) in [5.41, 5.74) is 5.68. The summed E-state index contributed by atoms with van der Waals surface area (Å²) in [6.45, 7) is 1.12. The molecule has 34 heavy (non-hydrogen) atoms. The molecule has 5 aromatic rings. The van der Waals surface area contributed by atoms with Crippen molar-refractivity contribution in [2.75, 3.05) is 13.2 Å². The summed E-state index contributed by atoms with van der Waals surface area (Å²) in [7, 11) is 0. The van der Waals surface area contributed by atoms with E-state index in [9.17, 15) is 14.3 Å². The van der Waals surface area contributed by atoms with Crippen LogP contribution in [0.4, 0.5) is 4.39 Å². The minimum Gasteiger partial charge on any atom is -0.480 e. The summed E-state index contributed by atoms with van der Waals surface area (Å²) in [6.07, 6.45) is 6.99. The topological polar surface area (TPSA) is 98.0 Å². The zero-order valence-corrected chi connectivity index (χ0v) is 18.2. The number of carbonyl (C=O) groups is 1. The summed E-state index contributed by atoms with van der Waals surface area (Å²) in [5, 5.41) is 22.7. The number of ether oxygens (including phenoxy) is 1. The Morgan fingerprint density at radius 3 is 2.74 bits per heavy atom. The zero-order valence-electron chi connectivity index (χ0n) is 18.2. The molecule has 4 heterocycles. The largest absolute Gasteiger partial charge is 0.480 e. The molecule has 9 heteroatoms. The third-order valence-electron chi connectivity index (χ3n) is 6.48. The highest BCUT2D eigenvalue weighted by Crippen LogP contribution is 2.44. The molecule has 0 atom stereocenters. The number of halogens is 1. The van der Waals surface area contributed by atoms with Crippen molar-refractivity contribution < 1.29 is 19.0 Å². The molecule has 0 saturated carbocycles. The number of nitrogens with one attached hydrogen (secondary N) is 1. The van der Waals surface area contributed by atoms with Gasteiger partial charge >= 0.3 is 5.97 Å². The lowest BCUT2D eigenvalue weighted by Crippen LogP contribution is -2.17. The maximum Gasteiger partial charge on any atom is 0.325 e. The summed E-state index contributed by atoms with van der Waals surface area (Å²) in [5.74, 6) is -1.03. The number of carboxylic acids is 1. The highest BCUT2D eigenvalue weighted by molar-refractivity contribution is 6.05. The number of hydrogen-bond donors (Lipinski definition) is 2. The smallest absolute Gasteiger partial charge is 0.325 e. The number of fused-ring (bicyclic) bond motifs is 2. The van der Waals surface area contributed by atoms with Gasteiger partial charge in [0.25, 0.3) is 0 Å². The van der Waals surface area contributed by atoms with Crippen LogP contribution in [0.25, 0.3) is 38.6 Å². The van der Waals surface area contributed by atoms with Gasteiger partial charge in [-0.1, -0.05) is 0 Å². The first-order chi connectivity index (χ1) is 16.6. The van der Waals surface area contributed by atoms with E-state index < -0.39 is 5.97 Å². The maximum atomic E-state index is 13.8. The van der Waals surface area contributed by atoms with Gasteiger partial charge in [0, 0.05) is 58.6 Å². The van der Waals surface area contributed by atoms with Crippen molar-refractivity contribution in [3.63, 3.8) is 0 Å². The van der Waals surface area contributed by atoms with Gasteiger partial charge in [-0.2, -0.15) is 10.2 Å². The molecule has 8 nitrogen and oxygen atoms in total. The zero-order chi connectivity index (χ0) is 23.2. The van der Waals surface area contributed by atoms with Gasteiger partial charge in [-0.15, -0.1) is 0 Å². The van der Waals surface area contributed by atoms with Gasteiger partial charge in [-0.3, -0.25) is 14.6 Å². The molecule has 0 spiro atoms. The van der Waals surface area contributed by atoms with Crippen molar-refractivity contribution in [2.45, 2.75) is 25.3 Å². The van der Waals surface area contributed by atoms with Gasteiger partial charge in [0.1, 0.15) is 12.4 Å². The standard InChI is InChI=1S/C25H22FN5O3/c26-18-1-3-19(4-2-18)31-22-9-16-11-27-29-21(16)10-20(22)24(25(31)15-5-7-34-8-6-15)17-12-28-30(13-17)14-23(32)33/h1-4,9-13,15H,5-8,14H2,(H,27,29)(H,32,33). The molecule has 1 fully saturated rings. The molecule has 3 aromatic heterocycles. The Balaban J connectivity index is 1.69. The summed E-state index contributed by atoms with van der Waals surface area (Å²) in [6, 6.07) is 10.7. The van der Waals surface area contributed by atoms with Crippen molar-refractivity contribution in [1.29, 1.82) is 0 Å². The molecule has 1 aliphatic heterocycles. The SMILES string of the molecule is O=C(O)Cn1cc(-c2c(C3CCOCC3)n(-c3ccc(F)cc3)c3cc4cn[nH]c4cc23)cn1. The molecule has 0 unspecified atom stereocenters. The number of hydrogen-bond acceptors (Lipinski definition) is 4. The molecule has 0 amide bonds. The average molecular weight is 459 g/mol. The summed E-state index contributed by atoms with van der Waals surface area (Å²) >= 11 is 0. The summed E-state index contributed by atoms with van der Waals surface area (Å²) in [4.78, 5) is 11.3. The van der Waals surface area contributed by atoms with E-state index in [0.717, 1.165) is 57.2 Å². The fourth-order valence-corrected chi connectivity index (χ4v) is 4.99. The van der Waals surface area contributed by atoms with Crippen LogP contribution < -0.4 is 0 Å². The molecular weight excluding hydrogens is 437 g/mol. The fourth-order valence-electron chi connectivity index (χ4n) is 4.99. The third-order valence-corrected chi connectivity index (χ3v) is 6.48. The second-order valence-electron chi connectivity index (χ2n) is 8.61. The number of benzene rings is 2. The van der Waals surface area contributed by atoms with Crippen molar-refractivity contribution >= 4 is 27.8 Å². The molecule has 0 aliphatic carbocycles. The quantitative estimate of drug-likeness (QED) is 0.404. The lowest BCUT2D eigenvalue weighted by Gasteiger charge is -2.25. The van der Waals surface area contributed by atoms with Crippen molar-refractivity contribution in [3.8, 4) is 16.8 Å². The van der Waals surface area contributed by atoms with Crippen LogP contribution in [0.3, 0.4) is 0 Å². The lowest BCUT2D eigenvalue weighted by molar-refractivity contribution is -0.137. The molecule has 2 N–H and O–H groups in total. The van der Waals surface area contributed by atoms with Gasteiger partial charge in [0.2, 0.25) is 0 Å². The van der Waals surface area contributed by atoms with Crippen LogP contribution in [0.5, 0.6) is 0 Å². The predicted molar refractivity (Wildman–Crippen MR) is 125 cm³/mol. The number of rotatable bonds is 5. The van der Waals surface area contributed by atoms with Crippen LogP contribution in [0.1, 0.15) is 24.5 Å². The normalized spacial score (nSPS) is 14.9. The molecule has 1 aliphatic rings. The number of aromatic amines is 1. The van der Waals surface area contributed by atoms with Gasteiger partial charge in [-0.25, -0.2) is 4.39 Å². The van der Waals surface area contributed by atoms with Crippen LogP contribution in [0.15, 0.2) is 55.0 Å². The number of nitrogens with zero attached hydrogens (tertiary/aromatic N) is 4. The molecule has 0 radical (unpaired) electrons. The fraction of sp³-hybridized carbons (Fsp3) is 0.240. The average Bonchev–Trinajstić information content (AvgIpc) is 3.55. The maximum absolute atomic E-state index is 13.8. The van der Waals surface area contributed by atoms with E-state index in [-0.39, 0.29) is 18.3 Å². The number of H-pyrrole nitrogens is 1. The minimum absolute atomic E-state index is 0.209. The number of carboxylic acid groups (broad SMARTS) is 1. The van der Waals surface area contributed by atoms with Crippen molar-refractivity contribution in [3.05, 3.63) is 66.5 Å². The first-order valence-electron chi connectivity index (χ1n) is 11.2. The Kier molecular flexibility index (Phi) is 4.91. The second kappa shape index (κ2) is 8.11. The molecule has 1 saturated heterocycles. The highest BCUT2D eigenvalue weighted by atomic mass is 19.1. The van der Waals surface area contributed by atoms with Gasteiger partial charge in [-0.05, 0) is 49.2 Å². The Morgan fingerprint density at radius 1 is 1.18 bits per heavy atom.